The van der Waals surface area contributed by atoms with E-state index in [1.54, 1.807) is 0 Å². The molecule has 0 radical (unpaired) electrons. The molecular weight excluding hydrogens is 361 g/mol. The van der Waals surface area contributed by atoms with Gasteiger partial charge in [-0.05, 0) is 30.3 Å². The predicted octanol–water partition coefficient (Wildman–Crippen LogP) is 2.37. The fourth-order valence-corrected chi connectivity index (χ4v) is 3.24. The molecule has 0 aliphatic carbocycles. The van der Waals surface area contributed by atoms with Crippen LogP contribution in [0.4, 0.5) is 4.39 Å². The molecule has 0 bridgehead atoms. The molecule has 126 valence electrons. The Morgan fingerprint density at radius 1 is 1.08 bits per heavy atom. The Bertz CT molecular complexity index is 916. The Morgan fingerprint density at radius 2 is 1.79 bits per heavy atom. The van der Waals surface area contributed by atoms with Gasteiger partial charge in [0.2, 0.25) is 0 Å². The van der Waals surface area contributed by atoms with Crippen molar-refractivity contribution in [1.82, 2.24) is 4.72 Å². The molecule has 1 N–H and O–H groups in total. The lowest BCUT2D eigenvalue weighted by Gasteiger charge is -2.18. The Hall–Kier alpha value is -2.32. The number of fused-ring (bicyclic) bond motifs is 1. The number of hydrogen-bond acceptors (Lipinski definition) is 5. The molecule has 0 saturated heterocycles. The van der Waals surface area contributed by atoms with Crippen LogP contribution in [0.1, 0.15) is 10.4 Å². The van der Waals surface area contributed by atoms with E-state index in [0.29, 0.717) is 19.0 Å². The summed E-state index contributed by atoms with van der Waals surface area (Å²) in [6, 6.07) is 7.25. The van der Waals surface area contributed by atoms with E-state index in [9.17, 15) is 17.6 Å². The molecule has 0 aromatic heterocycles. The van der Waals surface area contributed by atoms with Gasteiger partial charge in [-0.1, -0.05) is 11.6 Å². The van der Waals surface area contributed by atoms with Gasteiger partial charge in [-0.15, -0.1) is 0 Å². The van der Waals surface area contributed by atoms with Gasteiger partial charge in [0.1, 0.15) is 19.0 Å². The third-order valence-electron chi connectivity index (χ3n) is 3.23. The number of ether oxygens (including phenoxy) is 2. The van der Waals surface area contributed by atoms with E-state index in [1.165, 1.54) is 24.3 Å². The monoisotopic (exact) mass is 371 g/mol. The van der Waals surface area contributed by atoms with Crippen molar-refractivity contribution < 1.29 is 27.1 Å². The van der Waals surface area contributed by atoms with Crippen molar-refractivity contribution in [3.8, 4) is 11.5 Å². The zero-order chi connectivity index (χ0) is 17.3. The number of carbonyl (C=O) groups is 1. The van der Waals surface area contributed by atoms with Gasteiger partial charge in [-0.2, -0.15) is 0 Å². The minimum atomic E-state index is -4.20. The van der Waals surface area contributed by atoms with Crippen molar-refractivity contribution in [2.45, 2.75) is 4.90 Å². The number of rotatable bonds is 3. The maximum absolute atomic E-state index is 13.7. The predicted molar refractivity (Wildman–Crippen MR) is 83.5 cm³/mol. The van der Waals surface area contributed by atoms with Crippen LogP contribution < -0.4 is 14.2 Å². The minimum absolute atomic E-state index is 0.0961. The zero-order valence-corrected chi connectivity index (χ0v) is 13.7. The van der Waals surface area contributed by atoms with Crippen LogP contribution in [0.15, 0.2) is 41.3 Å². The van der Waals surface area contributed by atoms with Crippen LogP contribution in [0, 0.1) is 5.82 Å². The lowest BCUT2D eigenvalue weighted by Crippen LogP contribution is -2.31. The van der Waals surface area contributed by atoms with Crippen LogP contribution in [-0.4, -0.2) is 27.5 Å². The fraction of sp³-hybridized carbons (Fsp3) is 0.133. The highest BCUT2D eigenvalue weighted by Crippen LogP contribution is 2.32. The van der Waals surface area contributed by atoms with Crippen LogP contribution in [0.2, 0.25) is 5.02 Å². The summed E-state index contributed by atoms with van der Waals surface area (Å²) in [4.78, 5) is 11.8. The zero-order valence-electron chi connectivity index (χ0n) is 12.1. The van der Waals surface area contributed by atoms with Crippen molar-refractivity contribution in [2.75, 3.05) is 13.2 Å². The highest BCUT2D eigenvalue weighted by atomic mass is 35.5. The van der Waals surface area contributed by atoms with E-state index < -0.39 is 27.3 Å². The Labute approximate surface area is 142 Å². The summed E-state index contributed by atoms with van der Waals surface area (Å²) < 4.78 is 50.7. The largest absolute Gasteiger partial charge is 0.486 e. The van der Waals surface area contributed by atoms with Crippen molar-refractivity contribution in [3.05, 3.63) is 52.8 Å². The average Bonchev–Trinajstić information content (AvgIpc) is 2.53. The Balaban J connectivity index is 1.87. The number of amides is 1. The highest BCUT2D eigenvalue weighted by molar-refractivity contribution is 7.90. The molecule has 0 fully saturated rings. The average molecular weight is 372 g/mol. The summed E-state index contributed by atoms with van der Waals surface area (Å²) in [6.07, 6.45) is 0. The van der Waals surface area contributed by atoms with Crippen LogP contribution in [0.5, 0.6) is 11.5 Å². The molecule has 2 aromatic carbocycles. The van der Waals surface area contributed by atoms with Crippen molar-refractivity contribution in [3.63, 3.8) is 0 Å². The highest BCUT2D eigenvalue weighted by Gasteiger charge is 2.23. The number of benzene rings is 2. The Kier molecular flexibility index (Phi) is 4.33. The lowest BCUT2D eigenvalue weighted by atomic mass is 10.2. The van der Waals surface area contributed by atoms with Gasteiger partial charge in [-0.3, -0.25) is 4.79 Å². The van der Waals surface area contributed by atoms with Gasteiger partial charge in [0, 0.05) is 11.1 Å². The first-order chi connectivity index (χ1) is 11.4. The summed E-state index contributed by atoms with van der Waals surface area (Å²) in [7, 11) is -4.20. The van der Waals surface area contributed by atoms with Crippen LogP contribution in [-0.2, 0) is 10.0 Å². The standard InChI is InChI=1S/C15H11ClFNO5S/c16-9-1-3-11(12(17)7-9)15(19)18-24(20,21)10-2-4-13-14(8-10)23-6-5-22-13/h1-4,7-8H,5-6H2,(H,18,19). The fourth-order valence-electron chi connectivity index (χ4n) is 2.10. The summed E-state index contributed by atoms with van der Waals surface area (Å²) in [5.74, 6) is -1.35. The molecule has 1 amide bonds. The second-order valence-corrected chi connectivity index (χ2v) is 6.98. The summed E-state index contributed by atoms with van der Waals surface area (Å²) in [5.41, 5.74) is -0.430. The number of hydrogen-bond donors (Lipinski definition) is 1. The van der Waals surface area contributed by atoms with Gasteiger partial charge in [0.25, 0.3) is 15.9 Å². The molecule has 3 rings (SSSR count). The maximum Gasteiger partial charge on any atom is 0.267 e. The number of nitrogens with one attached hydrogen (secondary N) is 1. The van der Waals surface area contributed by atoms with Gasteiger partial charge in [0.05, 0.1) is 10.5 Å². The van der Waals surface area contributed by atoms with Gasteiger partial charge >= 0.3 is 0 Å². The van der Waals surface area contributed by atoms with E-state index >= 15 is 0 Å². The number of sulfonamides is 1. The first-order valence-corrected chi connectivity index (χ1v) is 8.65. The van der Waals surface area contributed by atoms with Crippen molar-refractivity contribution in [2.24, 2.45) is 0 Å². The van der Waals surface area contributed by atoms with Crippen LogP contribution in [0.3, 0.4) is 0 Å². The Morgan fingerprint density at radius 3 is 2.50 bits per heavy atom. The van der Waals surface area contributed by atoms with Gasteiger partial charge < -0.3 is 9.47 Å². The van der Waals surface area contributed by atoms with Crippen molar-refractivity contribution >= 4 is 27.5 Å². The van der Waals surface area contributed by atoms with Crippen molar-refractivity contribution in [1.29, 1.82) is 0 Å². The summed E-state index contributed by atoms with van der Waals surface area (Å²) in [6.45, 7) is 0.657. The van der Waals surface area contributed by atoms with Gasteiger partial charge in [0.15, 0.2) is 11.5 Å². The molecule has 1 aliphatic rings. The normalized spacial score (nSPS) is 13.4. The smallest absolute Gasteiger partial charge is 0.267 e. The summed E-state index contributed by atoms with van der Waals surface area (Å²) >= 11 is 5.60. The van der Waals surface area contributed by atoms with Crippen LogP contribution >= 0.6 is 11.6 Å². The second kappa shape index (κ2) is 6.29. The third-order valence-corrected chi connectivity index (χ3v) is 4.79. The quantitative estimate of drug-likeness (QED) is 0.895. The molecule has 1 heterocycles. The topological polar surface area (TPSA) is 81.7 Å². The molecule has 2 aromatic rings. The molecule has 0 unspecified atom stereocenters. The maximum atomic E-state index is 13.7. The summed E-state index contributed by atoms with van der Waals surface area (Å²) in [5, 5.41) is 0.0961. The van der Waals surface area contributed by atoms with E-state index in [4.69, 9.17) is 21.1 Å². The molecular formula is C15H11ClFNO5S. The first kappa shape index (κ1) is 16.5. The van der Waals surface area contributed by atoms with E-state index in [1.807, 2.05) is 4.72 Å². The van der Waals surface area contributed by atoms with Crippen LogP contribution in [0.25, 0.3) is 0 Å². The molecule has 6 nitrogen and oxygen atoms in total. The number of halogens is 2. The van der Waals surface area contributed by atoms with Gasteiger partial charge in [-0.25, -0.2) is 17.5 Å². The molecule has 0 atom stereocenters. The van der Waals surface area contributed by atoms with E-state index in [-0.39, 0.29) is 15.7 Å². The molecule has 9 heteroatoms. The SMILES string of the molecule is O=C(NS(=O)(=O)c1ccc2c(c1)OCCO2)c1ccc(Cl)cc1F. The minimum Gasteiger partial charge on any atom is -0.486 e. The first-order valence-electron chi connectivity index (χ1n) is 6.79. The lowest BCUT2D eigenvalue weighted by molar-refractivity contribution is 0.0977. The third kappa shape index (κ3) is 3.29. The molecule has 0 saturated carbocycles. The van der Waals surface area contributed by atoms with E-state index in [2.05, 4.69) is 0 Å². The molecule has 1 aliphatic heterocycles. The van der Waals surface area contributed by atoms with E-state index in [0.717, 1.165) is 12.1 Å². The molecule has 0 spiro atoms. The molecule has 24 heavy (non-hydrogen) atoms. The number of carbonyl (C=O) groups excluding carboxylic acids is 1. The second-order valence-electron chi connectivity index (χ2n) is 4.86.